The number of methoxy groups -OCH3 is 1. The van der Waals surface area contributed by atoms with E-state index in [2.05, 4.69) is 40.4 Å². The second-order valence-electron chi connectivity index (χ2n) is 36.1. The smallest absolute Gasteiger partial charge is 0.419 e. The van der Waals surface area contributed by atoms with Crippen molar-refractivity contribution in [2.75, 3.05) is 130 Å². The zero-order valence-electron chi connectivity index (χ0n) is 82.0. The lowest BCUT2D eigenvalue weighted by Gasteiger charge is -2.38. The number of nitrogens with two attached hydrogens (primary N) is 4. The zero-order chi connectivity index (χ0) is 105. The summed E-state index contributed by atoms with van der Waals surface area (Å²) >= 11 is 0. The van der Waals surface area contributed by atoms with Crippen molar-refractivity contribution in [1.29, 1.82) is 0 Å². The molecule has 0 radical (unpaired) electrons. The van der Waals surface area contributed by atoms with Crippen LogP contribution in [0.15, 0.2) is 255 Å². The molecule has 16 rings (SSSR count). The van der Waals surface area contributed by atoms with Crippen LogP contribution in [0.2, 0.25) is 0 Å². The van der Waals surface area contributed by atoms with Crippen LogP contribution in [0.3, 0.4) is 0 Å². The third-order valence-electron chi connectivity index (χ3n) is 25.4. The van der Waals surface area contributed by atoms with Gasteiger partial charge in [-0.05, 0) is 177 Å². The van der Waals surface area contributed by atoms with Crippen LogP contribution in [-0.2, 0) is 63.8 Å². The standard InChI is InChI=1S/C29H31F3N4O3.C27H29F3N6O2.C27H30N6O2.C26H29N5O4/c1-19-5-2-3-7-22(19)23-16-34-13-12-25(23)36(18-28(39)35-14-4-6-21(33)17-35)27(38)11-9-20-8-10-26(37)24(15-20)29(30,31)32;28-27(29,30)18-32-22-10-4-6-19(14-22)7-5-11-25(37)36(17-26(38)35-15-21(31)16-35)24-13-12-23(33-34-24)20-8-2-1-3-9-20;1-20-7-6-10-22(21(20)2)11-12-26(34)33(19-27(35)31-13-15-32(28)16-14-31)25-18-29-24(17-30-25)23-8-4-3-5-9-23;1-35-23-15-18(7-8-22(23)32)16-24(33)31(17-25(34)30-13-10-20(27)11-14-30)26-28-12-9-21(29-26)19-5-3-2-4-6-19/h2-3,5,7-8,10,12-13,15-16,21,37H,4,6,9,11,14,17-18,33H2,1H3;1-4,6,8-10,12-14,21,32H,5,7,11,15-18,31H2;3-12,17-18H,13-16,19,28H2,1-2H3;2-9,12,15,20,32H,10-11,13-14,16-17,27H2,1H3/b;;12-11-;. The van der Waals surface area contributed by atoms with Gasteiger partial charge in [-0.2, -0.15) is 26.3 Å². The number of rotatable bonds is 30. The van der Waals surface area contributed by atoms with Gasteiger partial charge in [0.2, 0.25) is 47.3 Å². The second kappa shape index (κ2) is 51.6. The van der Waals surface area contributed by atoms with E-state index in [0.29, 0.717) is 124 Å². The maximum atomic E-state index is 13.7. The molecule has 4 aromatic heterocycles. The lowest BCUT2D eigenvalue weighted by Crippen LogP contribution is -2.60. The topological polar surface area (TPSA) is 422 Å². The average Bonchev–Trinajstić information content (AvgIpc) is 0.801. The van der Waals surface area contributed by atoms with Gasteiger partial charge in [0.25, 0.3) is 5.91 Å². The number of aryl methyl sites for hydroxylation is 4. The number of aromatic nitrogens is 7. The molecule has 0 bridgehead atoms. The summed E-state index contributed by atoms with van der Waals surface area (Å²) in [6, 6.07) is 63.6. The molecule has 11 N–H and O–H groups in total. The Balaban J connectivity index is 0.000000164. The SMILES string of the molecule is COc1cc(CC(=O)N(CC(=O)N2CCC(N)CC2)c2nccc(-c3ccccc3)n2)ccc1O.Cc1cccc(/C=C\C(=O)N(CC(=O)N2CCN(N)CC2)c2cnc(-c3ccccc3)cn2)c1C.Cc1ccccc1-c1cnccc1N(CC(=O)N1CCCC(N)C1)C(=O)CCc1ccc(O)c(C(F)(F)F)c1.NC1CN(C(=O)CN(C(=O)CCCc2cccc(NCC(F)(F)F)c2)c2ccc(-c3ccccc3)nn2)C1. The number of ether oxygens (including phenoxy) is 1. The Morgan fingerprint density at radius 1 is 0.483 bits per heavy atom. The molecular formula is C109H119F6N21O11. The molecule has 4 saturated heterocycles. The first-order valence-corrected chi connectivity index (χ1v) is 48.2. The maximum Gasteiger partial charge on any atom is 0.419 e. The fraction of sp³-hybridized carbons (Fsp3) is 0.312. The molecule has 12 aromatic rings. The van der Waals surface area contributed by atoms with Crippen LogP contribution < -0.4 is 52.7 Å². The summed E-state index contributed by atoms with van der Waals surface area (Å²) in [6.45, 7) is 9.32. The third-order valence-corrected chi connectivity index (χ3v) is 25.4. The van der Waals surface area contributed by atoms with Crippen LogP contribution in [0.4, 0.5) is 55.3 Å². The summed E-state index contributed by atoms with van der Waals surface area (Å²) in [7, 11) is 1.44. The molecule has 1 unspecified atom stereocenters. The Morgan fingerprint density at radius 3 is 1.73 bits per heavy atom. The van der Waals surface area contributed by atoms with Gasteiger partial charge in [-0.15, -0.1) is 10.2 Å². The number of benzene rings is 8. The number of phenolic OH excluding ortho intramolecular Hbond substituents is 2. The van der Waals surface area contributed by atoms with Crippen molar-refractivity contribution in [2.24, 2.45) is 23.0 Å². The van der Waals surface area contributed by atoms with Crippen LogP contribution in [0.1, 0.15) is 89.5 Å². The van der Waals surface area contributed by atoms with Gasteiger partial charge in [0.15, 0.2) is 23.1 Å². The summed E-state index contributed by atoms with van der Waals surface area (Å²) in [6.07, 6.45) is 6.05. The lowest BCUT2D eigenvalue weighted by atomic mass is 9.99. The molecule has 0 spiro atoms. The number of alkyl halides is 6. The Morgan fingerprint density at radius 2 is 1.08 bits per heavy atom. The average molecular weight is 2010 g/mol. The zero-order valence-corrected chi connectivity index (χ0v) is 82.0. The van der Waals surface area contributed by atoms with Crippen LogP contribution in [0.25, 0.3) is 51.0 Å². The molecule has 38 heteroatoms. The van der Waals surface area contributed by atoms with E-state index in [-0.39, 0.29) is 140 Å². The minimum absolute atomic E-state index is 0.00768. The van der Waals surface area contributed by atoms with Crippen molar-refractivity contribution in [2.45, 2.75) is 115 Å². The number of carbonyl (C=O) groups is 8. The van der Waals surface area contributed by atoms with Gasteiger partial charge in [0.05, 0.1) is 54.3 Å². The Hall–Kier alpha value is -15.8. The van der Waals surface area contributed by atoms with Crippen LogP contribution in [0, 0.1) is 20.8 Å². The number of piperidine rings is 2. The maximum absolute atomic E-state index is 13.7. The number of anilines is 5. The number of amides is 8. The lowest BCUT2D eigenvalue weighted by molar-refractivity contribution is -0.139. The first-order chi connectivity index (χ1) is 70.6. The first kappa shape index (κ1) is 108. The van der Waals surface area contributed by atoms with E-state index in [1.807, 2.05) is 154 Å². The number of nitrogens with zero attached hydrogens (tertiary/aromatic N) is 16. The molecule has 4 aliphatic heterocycles. The molecule has 0 aliphatic carbocycles. The first-order valence-electron chi connectivity index (χ1n) is 48.2. The predicted molar refractivity (Wildman–Crippen MR) is 549 cm³/mol. The van der Waals surface area contributed by atoms with Crippen LogP contribution in [-0.4, -0.2) is 247 Å². The highest BCUT2D eigenvalue weighted by atomic mass is 19.4. The molecule has 0 saturated carbocycles. The number of phenols is 2. The van der Waals surface area contributed by atoms with E-state index >= 15 is 0 Å². The quantitative estimate of drug-likeness (QED) is 0.0125. The van der Waals surface area contributed by atoms with Gasteiger partial charge in [0, 0.05) is 149 Å². The van der Waals surface area contributed by atoms with E-state index in [4.69, 9.17) is 27.8 Å². The summed E-state index contributed by atoms with van der Waals surface area (Å²) in [5.41, 5.74) is 29.5. The molecule has 147 heavy (non-hydrogen) atoms. The van der Waals surface area contributed by atoms with Crippen LogP contribution >= 0.6 is 0 Å². The van der Waals surface area contributed by atoms with Gasteiger partial charge in [-0.1, -0.05) is 158 Å². The van der Waals surface area contributed by atoms with E-state index < -0.39 is 36.1 Å². The number of piperazine rings is 1. The molecule has 8 amide bonds. The highest BCUT2D eigenvalue weighted by Gasteiger charge is 2.37. The van der Waals surface area contributed by atoms with Crippen molar-refractivity contribution in [3.8, 4) is 62.1 Å². The number of nitrogens with one attached hydrogen (secondary N) is 1. The Bertz CT molecular complexity index is 6520. The van der Waals surface area contributed by atoms with Crippen molar-refractivity contribution < 1.29 is 79.6 Å². The number of carbonyl (C=O) groups excluding carboxylic acids is 8. The minimum atomic E-state index is -4.72. The number of halogens is 6. The summed E-state index contributed by atoms with van der Waals surface area (Å²) in [5.74, 6) is 3.75. The summed E-state index contributed by atoms with van der Waals surface area (Å²) in [4.78, 5) is 140. The van der Waals surface area contributed by atoms with Crippen molar-refractivity contribution in [1.82, 2.24) is 59.7 Å². The van der Waals surface area contributed by atoms with Gasteiger partial charge >= 0.3 is 12.4 Å². The summed E-state index contributed by atoms with van der Waals surface area (Å²) in [5, 5.41) is 32.0. The number of hydrogen-bond donors (Lipinski definition) is 7. The monoisotopic (exact) mass is 2010 g/mol. The highest BCUT2D eigenvalue weighted by Crippen LogP contribution is 2.39. The third kappa shape index (κ3) is 31.1. The molecule has 8 heterocycles. The molecule has 4 aliphatic rings. The number of likely N-dealkylation sites (tertiary alicyclic amines) is 3. The molecular weight excluding hydrogens is 1890 g/mol. The minimum Gasteiger partial charge on any atom is -0.507 e. The second-order valence-corrected chi connectivity index (χ2v) is 36.1. The fourth-order valence-corrected chi connectivity index (χ4v) is 16.8. The van der Waals surface area contributed by atoms with Gasteiger partial charge in [-0.3, -0.25) is 68.9 Å². The molecule has 768 valence electrons. The largest absolute Gasteiger partial charge is 0.507 e. The van der Waals surface area contributed by atoms with Gasteiger partial charge in [0.1, 0.15) is 38.5 Å². The highest BCUT2D eigenvalue weighted by molar-refractivity contribution is 6.07. The van der Waals surface area contributed by atoms with E-state index in [1.165, 1.54) is 57.3 Å². The number of pyridine rings is 1. The number of hydrogen-bond acceptors (Lipinski definition) is 24. The Labute approximate surface area is 848 Å². The molecule has 4 fully saturated rings. The normalized spacial score (nSPS) is 14.4. The van der Waals surface area contributed by atoms with Crippen molar-refractivity contribution >= 4 is 82.3 Å². The van der Waals surface area contributed by atoms with Gasteiger partial charge in [-0.25, -0.2) is 20.0 Å². The van der Waals surface area contributed by atoms with Crippen molar-refractivity contribution in [3.63, 3.8) is 0 Å². The van der Waals surface area contributed by atoms with E-state index in [0.717, 1.165) is 87.9 Å². The fourth-order valence-electron chi connectivity index (χ4n) is 16.8. The molecule has 1 atom stereocenters. The molecule has 32 nitrogen and oxygen atoms in total. The number of hydrazine groups is 1. The van der Waals surface area contributed by atoms with Crippen molar-refractivity contribution in [3.05, 3.63) is 300 Å². The van der Waals surface area contributed by atoms with E-state index in [1.54, 1.807) is 110 Å². The summed E-state index contributed by atoms with van der Waals surface area (Å²) < 4.78 is 82.5. The van der Waals surface area contributed by atoms with Gasteiger partial charge < -0.3 is 62.0 Å². The Kier molecular flexibility index (Phi) is 38.1. The predicted octanol–water partition coefficient (Wildman–Crippen LogP) is 13.5. The van der Waals surface area contributed by atoms with E-state index in [9.17, 15) is 74.9 Å². The molecule has 8 aromatic carbocycles. The van der Waals surface area contributed by atoms with Crippen LogP contribution in [0.5, 0.6) is 17.2 Å². The number of aromatic hydroxyl groups is 2.